The molecule has 2 amide bonds. The summed E-state index contributed by atoms with van der Waals surface area (Å²) in [4.78, 5) is 48.8. The highest BCUT2D eigenvalue weighted by atomic mass is 16.5. The molecule has 188 valence electrons. The SMILES string of the molecule is CCOC(=O)C(=O)C(C)C(=O)c1ccc(OCc2c(CC)cccc2N(N)C(=O)N(C)N)c(C)c1. The van der Waals surface area contributed by atoms with E-state index in [4.69, 9.17) is 21.2 Å². The molecule has 0 heterocycles. The van der Waals surface area contributed by atoms with Crippen molar-refractivity contribution in [3.63, 3.8) is 0 Å². The van der Waals surface area contributed by atoms with E-state index >= 15 is 0 Å². The van der Waals surface area contributed by atoms with Crippen molar-refractivity contribution in [1.29, 1.82) is 0 Å². The molecule has 10 heteroatoms. The normalized spacial score (nSPS) is 11.4. The summed E-state index contributed by atoms with van der Waals surface area (Å²) in [5.41, 5.74) is 3.06. The molecule has 0 fully saturated rings. The molecule has 1 unspecified atom stereocenters. The third kappa shape index (κ3) is 6.43. The molecule has 0 spiro atoms. The van der Waals surface area contributed by atoms with Crippen LogP contribution in [0.25, 0.3) is 0 Å². The monoisotopic (exact) mass is 484 g/mol. The lowest BCUT2D eigenvalue weighted by Crippen LogP contribution is -2.49. The number of hydrogen-bond acceptors (Lipinski definition) is 8. The smallest absolute Gasteiger partial charge is 0.375 e. The van der Waals surface area contributed by atoms with Gasteiger partial charge in [0.1, 0.15) is 12.4 Å². The molecule has 35 heavy (non-hydrogen) atoms. The molecular formula is C25H32N4O6. The predicted molar refractivity (Wildman–Crippen MR) is 130 cm³/mol. The number of esters is 1. The first-order valence-electron chi connectivity index (χ1n) is 11.2. The highest BCUT2D eigenvalue weighted by molar-refractivity contribution is 6.39. The van der Waals surface area contributed by atoms with E-state index in [2.05, 4.69) is 0 Å². The number of hydrazine groups is 2. The van der Waals surface area contributed by atoms with E-state index in [9.17, 15) is 19.2 Å². The minimum atomic E-state index is -1.16. The quantitative estimate of drug-likeness (QED) is 0.0996. The van der Waals surface area contributed by atoms with Crippen LogP contribution in [0.5, 0.6) is 5.75 Å². The number of carbonyl (C=O) groups is 4. The highest BCUT2D eigenvalue weighted by Gasteiger charge is 2.29. The highest BCUT2D eigenvalue weighted by Crippen LogP contribution is 2.27. The van der Waals surface area contributed by atoms with Gasteiger partial charge in [0.2, 0.25) is 0 Å². The van der Waals surface area contributed by atoms with Crippen molar-refractivity contribution in [3.8, 4) is 5.75 Å². The first kappa shape index (κ1) is 27.5. The number of Topliss-reactive ketones (excluding diaryl/α,β-unsaturated/α-hetero) is 2. The largest absolute Gasteiger partial charge is 0.489 e. The second-order valence-electron chi connectivity index (χ2n) is 7.97. The molecule has 0 aliphatic heterocycles. The number of aryl methyl sites for hydroxylation is 2. The average molecular weight is 485 g/mol. The summed E-state index contributed by atoms with van der Waals surface area (Å²) >= 11 is 0. The molecule has 2 rings (SSSR count). The second kappa shape index (κ2) is 12.1. The summed E-state index contributed by atoms with van der Waals surface area (Å²) in [5, 5.41) is 1.85. The van der Waals surface area contributed by atoms with Crippen molar-refractivity contribution in [2.24, 2.45) is 17.6 Å². The van der Waals surface area contributed by atoms with Crippen LogP contribution in [0.3, 0.4) is 0 Å². The number of amides is 2. The van der Waals surface area contributed by atoms with Gasteiger partial charge in [-0.25, -0.2) is 26.3 Å². The summed E-state index contributed by atoms with van der Waals surface area (Å²) in [6, 6.07) is 9.59. The molecule has 0 aliphatic carbocycles. The molecule has 0 aromatic heterocycles. The Labute approximate surface area is 204 Å². The van der Waals surface area contributed by atoms with E-state index in [0.29, 0.717) is 23.4 Å². The van der Waals surface area contributed by atoms with Gasteiger partial charge in [-0.2, -0.15) is 0 Å². The lowest BCUT2D eigenvalue weighted by Gasteiger charge is -2.24. The molecule has 0 saturated heterocycles. The van der Waals surface area contributed by atoms with Gasteiger partial charge in [-0.1, -0.05) is 19.1 Å². The number of rotatable bonds is 10. The van der Waals surface area contributed by atoms with Crippen LogP contribution >= 0.6 is 0 Å². The Morgan fingerprint density at radius 1 is 1.06 bits per heavy atom. The molecule has 0 bridgehead atoms. The number of nitrogens with two attached hydrogens (primary N) is 2. The van der Waals surface area contributed by atoms with Crippen LogP contribution in [0.4, 0.5) is 10.5 Å². The minimum Gasteiger partial charge on any atom is -0.489 e. The topological polar surface area (TPSA) is 145 Å². The number of nitrogens with zero attached hydrogens (tertiary/aromatic N) is 2. The van der Waals surface area contributed by atoms with E-state index in [1.807, 2.05) is 13.0 Å². The Balaban J connectivity index is 2.25. The summed E-state index contributed by atoms with van der Waals surface area (Å²) in [6.07, 6.45) is 0.686. The van der Waals surface area contributed by atoms with E-state index in [1.54, 1.807) is 38.1 Å². The molecule has 10 nitrogen and oxygen atoms in total. The molecule has 2 aromatic carbocycles. The Morgan fingerprint density at radius 3 is 2.31 bits per heavy atom. The van der Waals surface area contributed by atoms with Gasteiger partial charge in [-0.05, 0) is 62.6 Å². The van der Waals surface area contributed by atoms with Gasteiger partial charge in [0, 0.05) is 18.2 Å². The third-order valence-corrected chi connectivity index (χ3v) is 5.49. The van der Waals surface area contributed by atoms with Gasteiger partial charge < -0.3 is 9.47 Å². The first-order chi connectivity index (χ1) is 16.5. The van der Waals surface area contributed by atoms with E-state index in [0.717, 1.165) is 21.1 Å². The molecule has 0 aliphatic rings. The lowest BCUT2D eigenvalue weighted by molar-refractivity contribution is -0.154. The van der Waals surface area contributed by atoms with Crippen LogP contribution in [0.1, 0.15) is 47.8 Å². The molecule has 1 atom stereocenters. The molecular weight excluding hydrogens is 452 g/mol. The third-order valence-electron chi connectivity index (χ3n) is 5.49. The van der Waals surface area contributed by atoms with Crippen molar-refractivity contribution in [2.45, 2.75) is 40.7 Å². The number of ether oxygens (including phenoxy) is 2. The first-order valence-corrected chi connectivity index (χ1v) is 11.2. The molecule has 2 aromatic rings. The number of benzene rings is 2. The maximum Gasteiger partial charge on any atom is 0.375 e. The Bertz CT molecular complexity index is 1120. The van der Waals surface area contributed by atoms with Crippen LogP contribution in [-0.4, -0.2) is 42.2 Å². The van der Waals surface area contributed by atoms with E-state index < -0.39 is 29.5 Å². The van der Waals surface area contributed by atoms with Crippen LogP contribution < -0.4 is 21.4 Å². The van der Waals surface area contributed by atoms with Crippen molar-refractivity contribution < 1.29 is 28.7 Å². The van der Waals surface area contributed by atoms with Crippen LogP contribution in [0, 0.1) is 12.8 Å². The number of hydrogen-bond donors (Lipinski definition) is 2. The molecule has 0 saturated carbocycles. The zero-order valence-electron chi connectivity index (χ0n) is 20.7. The standard InChI is InChI=1S/C25H32N4O6/c1-6-17-9-8-10-20(29(27)25(33)28(5)26)19(17)14-35-21-12-11-18(13-15(21)3)22(30)16(4)23(31)24(32)34-7-2/h8-13,16H,6-7,14,26-27H2,1-5H3. The number of urea groups is 1. The van der Waals surface area contributed by atoms with E-state index in [1.165, 1.54) is 20.0 Å². The maximum atomic E-state index is 12.7. The fraction of sp³-hybridized carbons (Fsp3) is 0.360. The van der Waals surface area contributed by atoms with Crippen molar-refractivity contribution in [2.75, 3.05) is 18.7 Å². The van der Waals surface area contributed by atoms with Crippen molar-refractivity contribution >= 4 is 29.3 Å². The molecule has 0 radical (unpaired) electrons. The minimum absolute atomic E-state index is 0.0541. The zero-order valence-corrected chi connectivity index (χ0v) is 20.7. The summed E-state index contributed by atoms with van der Waals surface area (Å²) in [5.74, 6) is 8.51. The second-order valence-corrected chi connectivity index (χ2v) is 7.97. The van der Waals surface area contributed by atoms with Crippen molar-refractivity contribution in [3.05, 3.63) is 58.7 Å². The number of carbonyl (C=O) groups excluding carboxylic acids is 4. The van der Waals surface area contributed by atoms with Gasteiger partial charge in [-0.15, -0.1) is 0 Å². The molecule has 4 N–H and O–H groups in total. The van der Waals surface area contributed by atoms with Crippen LogP contribution in [0.15, 0.2) is 36.4 Å². The summed E-state index contributed by atoms with van der Waals surface area (Å²) in [7, 11) is 1.40. The van der Waals surface area contributed by atoms with Gasteiger partial charge in [-0.3, -0.25) is 14.6 Å². The fourth-order valence-corrected chi connectivity index (χ4v) is 3.48. The summed E-state index contributed by atoms with van der Waals surface area (Å²) < 4.78 is 10.7. The number of ketones is 2. The van der Waals surface area contributed by atoms with Crippen LogP contribution in [-0.2, 0) is 27.4 Å². The fourth-order valence-electron chi connectivity index (χ4n) is 3.48. The Kier molecular flexibility index (Phi) is 9.50. The lowest BCUT2D eigenvalue weighted by atomic mass is 9.94. The van der Waals surface area contributed by atoms with E-state index in [-0.39, 0.29) is 18.8 Å². The zero-order chi connectivity index (χ0) is 26.3. The van der Waals surface area contributed by atoms with Crippen LogP contribution in [0.2, 0.25) is 0 Å². The van der Waals surface area contributed by atoms with Gasteiger partial charge in [0.25, 0.3) is 5.78 Å². The number of anilines is 1. The van der Waals surface area contributed by atoms with Gasteiger partial charge in [0.15, 0.2) is 5.78 Å². The Morgan fingerprint density at radius 2 is 1.74 bits per heavy atom. The van der Waals surface area contributed by atoms with Gasteiger partial charge in [0.05, 0.1) is 18.2 Å². The maximum absolute atomic E-state index is 12.7. The van der Waals surface area contributed by atoms with Crippen molar-refractivity contribution in [1.82, 2.24) is 5.01 Å². The predicted octanol–water partition coefficient (Wildman–Crippen LogP) is 2.69. The van der Waals surface area contributed by atoms with Gasteiger partial charge >= 0.3 is 12.0 Å². The Hall–Kier alpha value is -3.76. The summed E-state index contributed by atoms with van der Waals surface area (Å²) in [6.45, 7) is 6.87. The average Bonchev–Trinajstić information content (AvgIpc) is 2.85.